The van der Waals surface area contributed by atoms with Gasteiger partial charge >= 0.3 is 0 Å². The SMILES string of the molecule is Cc1ccc(-c2csc(-c3cccn3CC(=O)N(C)Cc3ccco3)n2)cc1. The largest absolute Gasteiger partial charge is 0.467 e. The molecule has 0 radical (unpaired) electrons. The van der Waals surface area contributed by atoms with E-state index in [2.05, 4.69) is 36.6 Å². The minimum absolute atomic E-state index is 0.0177. The van der Waals surface area contributed by atoms with Crippen LogP contribution in [0.25, 0.3) is 22.0 Å². The van der Waals surface area contributed by atoms with Gasteiger partial charge < -0.3 is 13.9 Å². The Morgan fingerprint density at radius 1 is 1.18 bits per heavy atom. The summed E-state index contributed by atoms with van der Waals surface area (Å²) in [5, 5.41) is 2.96. The molecule has 0 aliphatic rings. The highest BCUT2D eigenvalue weighted by atomic mass is 32.1. The zero-order valence-corrected chi connectivity index (χ0v) is 16.6. The molecule has 142 valence electrons. The maximum absolute atomic E-state index is 12.6. The van der Waals surface area contributed by atoms with Crippen LogP contribution in [-0.4, -0.2) is 27.4 Å². The van der Waals surface area contributed by atoms with Gasteiger partial charge in [-0.05, 0) is 31.2 Å². The Labute approximate surface area is 167 Å². The van der Waals surface area contributed by atoms with Crippen molar-refractivity contribution in [3.8, 4) is 22.0 Å². The van der Waals surface area contributed by atoms with Crippen molar-refractivity contribution in [3.63, 3.8) is 0 Å². The predicted molar refractivity (Wildman–Crippen MR) is 111 cm³/mol. The van der Waals surface area contributed by atoms with Gasteiger partial charge in [0, 0.05) is 24.2 Å². The van der Waals surface area contributed by atoms with E-state index in [0.29, 0.717) is 6.54 Å². The van der Waals surface area contributed by atoms with Crippen molar-refractivity contribution in [1.82, 2.24) is 14.5 Å². The molecule has 1 aromatic carbocycles. The molecule has 0 saturated heterocycles. The second-order valence-electron chi connectivity index (χ2n) is 6.75. The van der Waals surface area contributed by atoms with Crippen molar-refractivity contribution in [2.75, 3.05) is 7.05 Å². The van der Waals surface area contributed by atoms with Crippen LogP contribution in [0.5, 0.6) is 0 Å². The molecule has 0 saturated carbocycles. The topological polar surface area (TPSA) is 51.3 Å². The summed E-state index contributed by atoms with van der Waals surface area (Å²) in [6.07, 6.45) is 3.53. The van der Waals surface area contributed by atoms with Crippen LogP contribution < -0.4 is 0 Å². The van der Waals surface area contributed by atoms with Gasteiger partial charge in [-0.3, -0.25) is 4.79 Å². The van der Waals surface area contributed by atoms with Crippen molar-refractivity contribution in [2.24, 2.45) is 0 Å². The van der Waals surface area contributed by atoms with Gasteiger partial charge in [-0.2, -0.15) is 0 Å². The summed E-state index contributed by atoms with van der Waals surface area (Å²) in [4.78, 5) is 19.1. The summed E-state index contributed by atoms with van der Waals surface area (Å²) in [7, 11) is 1.78. The van der Waals surface area contributed by atoms with Gasteiger partial charge in [-0.15, -0.1) is 11.3 Å². The van der Waals surface area contributed by atoms with Crippen molar-refractivity contribution in [3.05, 3.63) is 77.7 Å². The average molecular weight is 391 g/mol. The van der Waals surface area contributed by atoms with Gasteiger partial charge in [0.05, 0.1) is 24.2 Å². The molecule has 0 N–H and O–H groups in total. The van der Waals surface area contributed by atoms with Crippen LogP contribution in [-0.2, 0) is 17.9 Å². The number of rotatable bonds is 6. The standard InChI is InChI=1S/C22H21N3O2S/c1-16-7-9-17(10-8-16)19-15-28-22(23-19)20-6-3-11-25(20)14-21(26)24(2)13-18-5-4-12-27-18/h3-12,15H,13-14H2,1-2H3. The molecule has 0 spiro atoms. The Hall–Kier alpha value is -3.12. The first kappa shape index (κ1) is 18.3. The fourth-order valence-electron chi connectivity index (χ4n) is 2.99. The Kier molecular flexibility index (Phi) is 5.12. The van der Waals surface area contributed by atoms with Crippen LogP contribution in [0.4, 0.5) is 0 Å². The molecule has 0 atom stereocenters. The van der Waals surface area contributed by atoms with Gasteiger partial charge in [0.15, 0.2) is 0 Å². The molecule has 0 fully saturated rings. The molecular formula is C22H21N3O2S. The smallest absolute Gasteiger partial charge is 0.242 e. The van der Waals surface area contributed by atoms with E-state index in [1.54, 1.807) is 29.5 Å². The molecule has 0 unspecified atom stereocenters. The maximum atomic E-state index is 12.6. The third-order valence-electron chi connectivity index (χ3n) is 4.60. The molecule has 0 aliphatic carbocycles. The molecule has 5 nitrogen and oxygen atoms in total. The molecule has 4 rings (SSSR count). The van der Waals surface area contributed by atoms with E-state index in [0.717, 1.165) is 27.7 Å². The monoisotopic (exact) mass is 391 g/mol. The fraction of sp³-hybridized carbons (Fsp3) is 0.182. The summed E-state index contributed by atoms with van der Waals surface area (Å²) < 4.78 is 7.27. The van der Waals surface area contributed by atoms with E-state index >= 15 is 0 Å². The number of likely N-dealkylation sites (N-methyl/N-ethyl adjacent to an activating group) is 1. The maximum Gasteiger partial charge on any atom is 0.242 e. The highest BCUT2D eigenvalue weighted by Crippen LogP contribution is 2.29. The van der Waals surface area contributed by atoms with Crippen LogP contribution in [0.2, 0.25) is 0 Å². The quantitative estimate of drug-likeness (QED) is 0.473. The van der Waals surface area contributed by atoms with Crippen LogP contribution in [0, 0.1) is 6.92 Å². The van der Waals surface area contributed by atoms with E-state index in [-0.39, 0.29) is 12.5 Å². The number of carbonyl (C=O) groups excluding carboxylic acids is 1. The normalized spacial score (nSPS) is 10.9. The van der Waals surface area contributed by atoms with E-state index in [1.165, 1.54) is 5.56 Å². The first-order chi connectivity index (χ1) is 13.6. The van der Waals surface area contributed by atoms with E-state index in [9.17, 15) is 4.79 Å². The highest BCUT2D eigenvalue weighted by molar-refractivity contribution is 7.13. The summed E-state index contributed by atoms with van der Waals surface area (Å²) in [5.41, 5.74) is 4.22. The minimum Gasteiger partial charge on any atom is -0.467 e. The van der Waals surface area contributed by atoms with Crippen LogP contribution in [0.3, 0.4) is 0 Å². The Bertz CT molecular complexity index is 1060. The van der Waals surface area contributed by atoms with Crippen molar-refractivity contribution < 1.29 is 9.21 Å². The van der Waals surface area contributed by atoms with Gasteiger partial charge in [-0.1, -0.05) is 29.8 Å². The van der Waals surface area contributed by atoms with Crippen molar-refractivity contribution in [1.29, 1.82) is 0 Å². The zero-order chi connectivity index (χ0) is 19.5. The lowest BCUT2D eigenvalue weighted by Crippen LogP contribution is -2.29. The van der Waals surface area contributed by atoms with Gasteiger partial charge in [-0.25, -0.2) is 4.98 Å². The summed E-state index contributed by atoms with van der Waals surface area (Å²) >= 11 is 1.59. The van der Waals surface area contributed by atoms with Gasteiger partial charge in [0.25, 0.3) is 0 Å². The minimum atomic E-state index is 0.0177. The molecule has 3 heterocycles. The predicted octanol–water partition coefficient (Wildman–Crippen LogP) is 4.84. The number of carbonyl (C=O) groups is 1. The molecule has 4 aromatic rings. The molecule has 0 bridgehead atoms. The number of nitrogens with zero attached hydrogens (tertiary/aromatic N) is 3. The Morgan fingerprint density at radius 3 is 2.75 bits per heavy atom. The molecule has 0 aliphatic heterocycles. The summed E-state index contributed by atoms with van der Waals surface area (Å²) in [5.74, 6) is 0.787. The molecule has 6 heteroatoms. The lowest BCUT2D eigenvalue weighted by molar-refractivity contribution is -0.131. The van der Waals surface area contributed by atoms with Crippen molar-refractivity contribution in [2.45, 2.75) is 20.0 Å². The lowest BCUT2D eigenvalue weighted by Gasteiger charge is -2.17. The first-order valence-corrected chi connectivity index (χ1v) is 9.92. The number of furan rings is 1. The van der Waals surface area contributed by atoms with Gasteiger partial charge in [0.2, 0.25) is 5.91 Å². The number of hydrogen-bond donors (Lipinski definition) is 0. The zero-order valence-electron chi connectivity index (χ0n) is 15.8. The molecular weight excluding hydrogens is 370 g/mol. The number of aromatic nitrogens is 2. The Balaban J connectivity index is 1.50. The van der Waals surface area contributed by atoms with Crippen LogP contribution >= 0.6 is 11.3 Å². The number of thiazole rings is 1. The third kappa shape index (κ3) is 3.92. The van der Waals surface area contributed by atoms with E-state index in [4.69, 9.17) is 9.40 Å². The second kappa shape index (κ2) is 7.86. The second-order valence-corrected chi connectivity index (χ2v) is 7.61. The molecule has 1 amide bonds. The number of amides is 1. The van der Waals surface area contributed by atoms with Crippen LogP contribution in [0.15, 0.2) is 70.8 Å². The summed E-state index contributed by atoms with van der Waals surface area (Å²) in [6.45, 7) is 2.79. The fourth-order valence-corrected chi connectivity index (χ4v) is 3.85. The van der Waals surface area contributed by atoms with Crippen LogP contribution in [0.1, 0.15) is 11.3 Å². The first-order valence-electron chi connectivity index (χ1n) is 9.04. The molecule has 3 aromatic heterocycles. The molecule has 28 heavy (non-hydrogen) atoms. The van der Waals surface area contributed by atoms with E-state index < -0.39 is 0 Å². The average Bonchev–Trinajstić information content (AvgIpc) is 3.43. The highest BCUT2D eigenvalue weighted by Gasteiger charge is 2.15. The Morgan fingerprint density at radius 2 is 2.00 bits per heavy atom. The van der Waals surface area contributed by atoms with Gasteiger partial charge in [0.1, 0.15) is 17.3 Å². The van der Waals surface area contributed by atoms with Crippen molar-refractivity contribution >= 4 is 17.2 Å². The third-order valence-corrected chi connectivity index (χ3v) is 5.47. The number of hydrogen-bond acceptors (Lipinski definition) is 4. The summed E-state index contributed by atoms with van der Waals surface area (Å²) in [6, 6.07) is 16.0. The number of aryl methyl sites for hydroxylation is 1. The van der Waals surface area contributed by atoms with E-state index in [1.807, 2.05) is 35.0 Å². The lowest BCUT2D eigenvalue weighted by atomic mass is 10.1. The number of benzene rings is 1.